The van der Waals surface area contributed by atoms with Crippen LogP contribution in [-0.4, -0.2) is 16.7 Å². The maximum atomic E-state index is 13.0. The number of rotatable bonds is 3. The summed E-state index contributed by atoms with van der Waals surface area (Å²) in [7, 11) is 0. The number of aromatic nitrogens is 1. The fourth-order valence-electron chi connectivity index (χ4n) is 2.43. The monoisotopic (exact) mass is 255 g/mol. The first kappa shape index (κ1) is 11.9. The molecule has 19 heavy (non-hydrogen) atoms. The van der Waals surface area contributed by atoms with Gasteiger partial charge in [-0.3, -0.25) is 0 Å². The summed E-state index contributed by atoms with van der Waals surface area (Å²) >= 11 is 0. The van der Waals surface area contributed by atoms with Crippen molar-refractivity contribution in [3.05, 3.63) is 59.9 Å². The van der Waals surface area contributed by atoms with Gasteiger partial charge >= 0.3 is 0 Å². The second kappa shape index (κ2) is 4.86. The second-order valence-corrected chi connectivity index (χ2v) is 4.50. The number of aromatic amines is 1. The average Bonchev–Trinajstić information content (AvgIpc) is 2.79. The van der Waals surface area contributed by atoms with E-state index in [1.54, 1.807) is 12.1 Å². The van der Waals surface area contributed by atoms with Crippen molar-refractivity contribution in [3.63, 3.8) is 0 Å². The molecule has 0 unspecified atom stereocenters. The molecule has 3 heteroatoms. The summed E-state index contributed by atoms with van der Waals surface area (Å²) in [6.07, 6.45) is 0.580. The van der Waals surface area contributed by atoms with Gasteiger partial charge in [-0.05, 0) is 47.9 Å². The van der Waals surface area contributed by atoms with Crippen LogP contribution in [0.4, 0.5) is 4.39 Å². The first-order valence-electron chi connectivity index (χ1n) is 6.26. The van der Waals surface area contributed by atoms with Gasteiger partial charge < -0.3 is 10.1 Å². The number of nitrogens with one attached hydrogen (secondary N) is 1. The number of aliphatic hydroxyl groups excluding tert-OH is 1. The van der Waals surface area contributed by atoms with Gasteiger partial charge in [0.1, 0.15) is 5.82 Å². The normalized spacial score (nSPS) is 11.1. The molecule has 0 aliphatic rings. The number of benzene rings is 2. The summed E-state index contributed by atoms with van der Waals surface area (Å²) in [5, 5.41) is 10.3. The molecule has 3 rings (SSSR count). The third kappa shape index (κ3) is 2.13. The van der Waals surface area contributed by atoms with Crippen molar-refractivity contribution < 1.29 is 9.50 Å². The minimum Gasteiger partial charge on any atom is -0.396 e. The van der Waals surface area contributed by atoms with E-state index in [1.807, 2.05) is 24.3 Å². The Morgan fingerprint density at radius 2 is 1.74 bits per heavy atom. The number of hydrogen-bond donors (Lipinski definition) is 2. The highest BCUT2D eigenvalue weighted by Crippen LogP contribution is 2.30. The standard InChI is InChI=1S/C16H14FNO/c17-12-7-5-11(6-8-12)16-14(9-10-19)13-3-1-2-4-15(13)18-16/h1-8,18-19H,9-10H2. The highest BCUT2D eigenvalue weighted by Gasteiger charge is 2.12. The Labute approximate surface area is 110 Å². The van der Waals surface area contributed by atoms with Crippen LogP contribution < -0.4 is 0 Å². The van der Waals surface area contributed by atoms with E-state index in [4.69, 9.17) is 0 Å². The number of para-hydroxylation sites is 1. The largest absolute Gasteiger partial charge is 0.396 e. The van der Waals surface area contributed by atoms with Gasteiger partial charge in [-0.25, -0.2) is 4.39 Å². The van der Waals surface area contributed by atoms with E-state index in [-0.39, 0.29) is 12.4 Å². The zero-order valence-corrected chi connectivity index (χ0v) is 10.4. The maximum absolute atomic E-state index is 13.0. The van der Waals surface area contributed by atoms with Gasteiger partial charge in [0.2, 0.25) is 0 Å². The van der Waals surface area contributed by atoms with Gasteiger partial charge in [0.25, 0.3) is 0 Å². The minimum atomic E-state index is -0.247. The Balaban J connectivity index is 2.21. The Morgan fingerprint density at radius 3 is 2.47 bits per heavy atom. The summed E-state index contributed by atoms with van der Waals surface area (Å²) in [4.78, 5) is 3.35. The van der Waals surface area contributed by atoms with Crippen LogP contribution in [0.15, 0.2) is 48.5 Å². The molecule has 1 aromatic heterocycles. The van der Waals surface area contributed by atoms with Crippen molar-refractivity contribution in [2.24, 2.45) is 0 Å². The van der Waals surface area contributed by atoms with Gasteiger partial charge in [-0.15, -0.1) is 0 Å². The third-order valence-electron chi connectivity index (χ3n) is 3.31. The topological polar surface area (TPSA) is 36.0 Å². The van der Waals surface area contributed by atoms with E-state index in [9.17, 15) is 9.50 Å². The van der Waals surface area contributed by atoms with E-state index in [1.165, 1.54) is 12.1 Å². The quantitative estimate of drug-likeness (QED) is 0.738. The predicted molar refractivity (Wildman–Crippen MR) is 74.5 cm³/mol. The van der Waals surface area contributed by atoms with Crippen molar-refractivity contribution in [1.29, 1.82) is 0 Å². The lowest BCUT2D eigenvalue weighted by Crippen LogP contribution is -1.92. The Morgan fingerprint density at radius 1 is 1.00 bits per heavy atom. The van der Waals surface area contributed by atoms with Crippen LogP contribution in [0.1, 0.15) is 5.56 Å². The van der Waals surface area contributed by atoms with Crippen molar-refractivity contribution in [2.45, 2.75) is 6.42 Å². The van der Waals surface area contributed by atoms with Gasteiger partial charge in [0, 0.05) is 23.2 Å². The van der Waals surface area contributed by atoms with Gasteiger partial charge in [-0.2, -0.15) is 0 Å². The first-order chi connectivity index (χ1) is 9.29. The fraction of sp³-hybridized carbons (Fsp3) is 0.125. The first-order valence-corrected chi connectivity index (χ1v) is 6.26. The number of aliphatic hydroxyl groups is 1. The molecular weight excluding hydrogens is 241 g/mol. The van der Waals surface area contributed by atoms with Crippen LogP contribution in [0.25, 0.3) is 22.2 Å². The average molecular weight is 255 g/mol. The molecule has 0 saturated carbocycles. The molecule has 1 heterocycles. The van der Waals surface area contributed by atoms with Crippen molar-refractivity contribution in [2.75, 3.05) is 6.61 Å². The smallest absolute Gasteiger partial charge is 0.123 e. The molecule has 0 radical (unpaired) electrons. The van der Waals surface area contributed by atoms with Crippen LogP contribution >= 0.6 is 0 Å². The molecule has 0 fully saturated rings. The molecular formula is C16H14FNO. The van der Waals surface area contributed by atoms with E-state index in [0.717, 1.165) is 27.7 Å². The number of halogens is 1. The van der Waals surface area contributed by atoms with E-state index < -0.39 is 0 Å². The summed E-state index contributed by atoms with van der Waals surface area (Å²) in [5.41, 5.74) is 3.99. The Bertz CT molecular complexity index is 700. The molecule has 0 spiro atoms. The van der Waals surface area contributed by atoms with Gasteiger partial charge in [-0.1, -0.05) is 18.2 Å². The Hall–Kier alpha value is -2.13. The van der Waals surface area contributed by atoms with Crippen molar-refractivity contribution in [1.82, 2.24) is 4.98 Å². The summed E-state index contributed by atoms with van der Waals surface area (Å²) < 4.78 is 13.0. The molecule has 2 N–H and O–H groups in total. The fourth-order valence-corrected chi connectivity index (χ4v) is 2.43. The highest BCUT2D eigenvalue weighted by molar-refractivity contribution is 5.90. The lowest BCUT2D eigenvalue weighted by atomic mass is 10.0. The SMILES string of the molecule is OCCc1c(-c2ccc(F)cc2)[nH]c2ccccc12. The zero-order chi connectivity index (χ0) is 13.2. The molecule has 0 atom stereocenters. The number of H-pyrrole nitrogens is 1. The highest BCUT2D eigenvalue weighted by atomic mass is 19.1. The summed E-state index contributed by atoms with van der Waals surface area (Å²) in [6, 6.07) is 14.4. The summed E-state index contributed by atoms with van der Waals surface area (Å²) in [6.45, 7) is 0.0933. The number of fused-ring (bicyclic) bond motifs is 1. The molecule has 96 valence electrons. The van der Waals surface area contributed by atoms with E-state index in [0.29, 0.717) is 6.42 Å². The van der Waals surface area contributed by atoms with Crippen molar-refractivity contribution in [3.8, 4) is 11.3 Å². The third-order valence-corrected chi connectivity index (χ3v) is 3.31. The molecule has 0 aliphatic heterocycles. The molecule has 0 bridgehead atoms. The lowest BCUT2D eigenvalue weighted by molar-refractivity contribution is 0.300. The van der Waals surface area contributed by atoms with Crippen LogP contribution in [0.5, 0.6) is 0 Å². The van der Waals surface area contributed by atoms with E-state index in [2.05, 4.69) is 4.98 Å². The second-order valence-electron chi connectivity index (χ2n) is 4.50. The number of hydrogen-bond acceptors (Lipinski definition) is 1. The maximum Gasteiger partial charge on any atom is 0.123 e. The molecule has 2 aromatic carbocycles. The summed E-state index contributed by atoms with van der Waals surface area (Å²) in [5.74, 6) is -0.247. The molecule has 0 aliphatic carbocycles. The molecule has 0 saturated heterocycles. The minimum absolute atomic E-state index is 0.0933. The van der Waals surface area contributed by atoms with Crippen LogP contribution in [0.3, 0.4) is 0 Å². The van der Waals surface area contributed by atoms with Gasteiger partial charge in [0.05, 0.1) is 0 Å². The molecule has 0 amide bonds. The Kier molecular flexibility index (Phi) is 3.05. The lowest BCUT2D eigenvalue weighted by Gasteiger charge is -2.03. The zero-order valence-electron chi connectivity index (χ0n) is 10.4. The predicted octanol–water partition coefficient (Wildman–Crippen LogP) is 3.51. The van der Waals surface area contributed by atoms with Crippen LogP contribution in [0, 0.1) is 5.82 Å². The molecule has 3 aromatic rings. The van der Waals surface area contributed by atoms with Gasteiger partial charge in [0.15, 0.2) is 0 Å². The van der Waals surface area contributed by atoms with Crippen molar-refractivity contribution >= 4 is 10.9 Å². The molecule has 2 nitrogen and oxygen atoms in total. The van der Waals surface area contributed by atoms with Crippen LogP contribution in [0.2, 0.25) is 0 Å². The van der Waals surface area contributed by atoms with Crippen LogP contribution in [-0.2, 0) is 6.42 Å². The van der Waals surface area contributed by atoms with E-state index >= 15 is 0 Å².